The van der Waals surface area contributed by atoms with Crippen LogP contribution < -0.4 is 10.6 Å². The zero-order valence-electron chi connectivity index (χ0n) is 23.8. The normalized spacial score (nSPS) is 22.1. The Hall–Kier alpha value is -4.85. The zero-order valence-corrected chi connectivity index (χ0v) is 25.4. The third-order valence-electron chi connectivity index (χ3n) is 7.35. The summed E-state index contributed by atoms with van der Waals surface area (Å²) in [5.41, 5.74) is 0.0250. The van der Waals surface area contributed by atoms with Gasteiger partial charge in [0.25, 0.3) is 5.91 Å². The smallest absolute Gasteiger partial charge is 0.352 e. The van der Waals surface area contributed by atoms with Gasteiger partial charge < -0.3 is 25.7 Å². The van der Waals surface area contributed by atoms with Crippen LogP contribution in [0.5, 0.6) is 5.75 Å². The number of amides is 6. The Labute approximate surface area is 261 Å². The fraction of sp³-hybridized carbons (Fsp3) is 0.400. The first-order valence-corrected chi connectivity index (χ1v) is 15.8. The largest absolute Gasteiger partial charge is 0.508 e. The maximum atomic E-state index is 13.6. The molecule has 45 heavy (non-hydrogen) atoms. The summed E-state index contributed by atoms with van der Waals surface area (Å²) in [6.07, 6.45) is 0. The number of β-lactam (4-membered cyclic amide) rings is 1. The van der Waals surface area contributed by atoms with Gasteiger partial charge in [0.05, 0.1) is 16.6 Å². The fourth-order valence-corrected chi connectivity index (χ4v) is 7.71. The molecule has 0 radical (unpaired) electrons. The van der Waals surface area contributed by atoms with Crippen molar-refractivity contribution in [2.45, 2.75) is 29.5 Å². The Balaban J connectivity index is 1.35. The molecule has 1 aromatic carbocycles. The first-order valence-electron chi connectivity index (χ1n) is 13.4. The molecule has 0 aliphatic carbocycles. The molecule has 2 aromatic rings. The predicted molar refractivity (Wildman–Crippen MR) is 153 cm³/mol. The molecule has 3 aliphatic rings. The van der Waals surface area contributed by atoms with Crippen LogP contribution in [0.25, 0.3) is 0 Å². The summed E-state index contributed by atoms with van der Waals surface area (Å²) in [6.45, 7) is 1.93. The van der Waals surface area contributed by atoms with Gasteiger partial charge in [-0.15, -0.1) is 5.10 Å². The number of nitrogens with zero attached hydrogens (tertiary/aromatic N) is 7. The lowest BCUT2D eigenvalue weighted by atomic mass is 10.0. The average molecular weight is 662 g/mol. The van der Waals surface area contributed by atoms with E-state index in [0.29, 0.717) is 10.1 Å². The van der Waals surface area contributed by atoms with Gasteiger partial charge in [0.2, 0.25) is 11.1 Å². The predicted octanol–water partition coefficient (Wildman–Crippen LogP) is -2.10. The van der Waals surface area contributed by atoms with Crippen molar-refractivity contribution in [2.24, 2.45) is 7.05 Å². The number of tetrazole rings is 1. The van der Waals surface area contributed by atoms with E-state index >= 15 is 0 Å². The van der Waals surface area contributed by atoms with Crippen LogP contribution in [0, 0.1) is 0 Å². The lowest BCUT2D eigenvalue weighted by molar-refractivity contribution is -0.153. The number of aromatic hydroxyl groups is 1. The van der Waals surface area contributed by atoms with Crippen molar-refractivity contribution in [3.63, 3.8) is 0 Å². The number of benzene rings is 1. The Morgan fingerprint density at radius 2 is 1.84 bits per heavy atom. The van der Waals surface area contributed by atoms with Crippen molar-refractivity contribution in [1.29, 1.82) is 0 Å². The molecule has 1 aromatic heterocycles. The zero-order chi connectivity index (χ0) is 32.6. The molecular weight excluding hydrogens is 634 g/mol. The molecule has 5 rings (SSSR count). The van der Waals surface area contributed by atoms with Crippen LogP contribution in [0.2, 0.25) is 0 Å². The van der Waals surface area contributed by atoms with E-state index in [4.69, 9.17) is 0 Å². The third-order valence-corrected chi connectivity index (χ3v) is 10.1. The number of hydrogen-bond donors (Lipinski definition) is 4. The number of hydrogen-bond acceptors (Lipinski definition) is 12. The van der Waals surface area contributed by atoms with Crippen molar-refractivity contribution in [2.75, 3.05) is 31.1 Å². The molecule has 20 heteroatoms. The summed E-state index contributed by atoms with van der Waals surface area (Å²) < 4.78 is 14.7. The second kappa shape index (κ2) is 12.6. The maximum Gasteiger partial charge on any atom is 0.352 e. The van der Waals surface area contributed by atoms with E-state index in [1.54, 1.807) is 14.0 Å². The molecule has 3 aliphatic heterocycles. The fourth-order valence-electron chi connectivity index (χ4n) is 5.03. The Morgan fingerprint density at radius 3 is 2.47 bits per heavy atom. The van der Waals surface area contributed by atoms with Crippen molar-refractivity contribution in [1.82, 2.24) is 45.5 Å². The lowest BCUT2D eigenvalue weighted by Crippen LogP contribution is -2.74. The average Bonchev–Trinajstić information content (AvgIpc) is 3.42. The quantitative estimate of drug-likeness (QED) is 0.128. The van der Waals surface area contributed by atoms with E-state index in [1.165, 1.54) is 33.8 Å². The Morgan fingerprint density at radius 1 is 1.13 bits per heavy atom. The molecule has 4 atom stereocenters. The first kappa shape index (κ1) is 31.6. The molecule has 4 heterocycles. The third kappa shape index (κ3) is 5.97. The SMILES string of the molecule is CCN1CCN(C(=O)NC(C(=O)N[C@@H]2C(=O)N3C(C(=O)O)=C(CSc4nnnn4C)CS(=O)[C@H]23)c2ccc(O)cc2)C(=O)C1=O. The number of carboxylic acids is 1. The van der Waals surface area contributed by atoms with Gasteiger partial charge in [0.1, 0.15) is 28.9 Å². The van der Waals surface area contributed by atoms with Gasteiger partial charge in [-0.1, -0.05) is 23.9 Å². The molecule has 18 nitrogen and oxygen atoms in total. The van der Waals surface area contributed by atoms with E-state index in [-0.39, 0.29) is 53.7 Å². The molecule has 0 bridgehead atoms. The molecule has 2 fully saturated rings. The first-order chi connectivity index (χ1) is 21.4. The molecule has 0 spiro atoms. The molecule has 0 saturated carbocycles. The number of phenolic OH excluding ortho intramolecular Hbond substituents is 1. The van der Waals surface area contributed by atoms with E-state index in [0.717, 1.165) is 16.7 Å². The Bertz CT molecular complexity index is 1640. The minimum atomic E-state index is -1.82. The van der Waals surface area contributed by atoms with Crippen molar-refractivity contribution < 1.29 is 43.2 Å². The van der Waals surface area contributed by atoms with Crippen LogP contribution in [0.1, 0.15) is 18.5 Å². The number of fused-ring (bicyclic) bond motifs is 1. The van der Waals surface area contributed by atoms with Crippen LogP contribution in [0.3, 0.4) is 0 Å². The summed E-state index contributed by atoms with van der Waals surface area (Å²) in [6, 6.07) is 1.21. The standard InChI is InChI=1S/C25H27N9O9S2/c1-3-32-8-9-33(21(39)20(32)38)24(42)27-15(12-4-6-14(35)7-5-12)18(36)26-16-19(37)34-17(23(40)41)13(11-45(43)22(16)34)10-44-25-28-29-30-31(25)2/h4-7,15-16,22,35H,3,8-11H2,1-2H3,(H,26,36)(H,27,42)(H,40,41)/t15?,16-,22-,45?/m1/s1. The summed E-state index contributed by atoms with van der Waals surface area (Å²) in [5, 5.41) is 34.7. The molecule has 4 N–H and O–H groups in total. The second-order valence-electron chi connectivity index (χ2n) is 10.1. The topological polar surface area (TPSA) is 237 Å². The number of rotatable bonds is 9. The highest BCUT2D eigenvalue weighted by atomic mass is 32.2. The molecular formula is C25H27N9O9S2. The van der Waals surface area contributed by atoms with Crippen LogP contribution in [0.4, 0.5) is 4.79 Å². The number of carboxylic acid groups (broad SMARTS) is 1. The number of piperazine rings is 1. The number of aliphatic carboxylic acids is 1. The summed E-state index contributed by atoms with van der Waals surface area (Å²) >= 11 is 1.10. The number of aromatic nitrogens is 4. The van der Waals surface area contributed by atoms with Crippen LogP contribution in [0.15, 0.2) is 40.7 Å². The second-order valence-corrected chi connectivity index (χ2v) is 12.5. The number of phenols is 1. The number of aryl methyl sites for hydroxylation is 1. The van der Waals surface area contributed by atoms with Gasteiger partial charge in [-0.25, -0.2) is 14.3 Å². The van der Waals surface area contributed by atoms with Crippen molar-refractivity contribution in [3.05, 3.63) is 41.1 Å². The number of urea groups is 1. The number of imide groups is 1. The van der Waals surface area contributed by atoms with Gasteiger partial charge in [0, 0.05) is 32.4 Å². The van der Waals surface area contributed by atoms with Gasteiger partial charge in [-0.2, -0.15) is 0 Å². The lowest BCUT2D eigenvalue weighted by Gasteiger charge is -2.49. The summed E-state index contributed by atoms with van der Waals surface area (Å²) in [5.74, 6) is -5.43. The van der Waals surface area contributed by atoms with Crippen molar-refractivity contribution >= 4 is 58.2 Å². The summed E-state index contributed by atoms with van der Waals surface area (Å²) in [4.78, 5) is 79.9. The number of thioether (sulfide) groups is 1. The number of carbonyl (C=O) groups is 6. The monoisotopic (exact) mass is 661 g/mol. The minimum absolute atomic E-state index is 0.0395. The molecule has 2 unspecified atom stereocenters. The van der Waals surface area contributed by atoms with Crippen LogP contribution >= 0.6 is 11.8 Å². The highest BCUT2D eigenvalue weighted by Gasteiger charge is 2.57. The minimum Gasteiger partial charge on any atom is -0.508 e. The van der Waals surface area contributed by atoms with E-state index < -0.39 is 63.9 Å². The van der Waals surface area contributed by atoms with E-state index in [2.05, 4.69) is 26.2 Å². The molecule has 238 valence electrons. The van der Waals surface area contributed by atoms with Gasteiger partial charge in [-0.05, 0) is 40.6 Å². The van der Waals surface area contributed by atoms with Crippen LogP contribution in [-0.4, -0.2) is 128 Å². The number of nitrogens with one attached hydrogen (secondary N) is 2. The van der Waals surface area contributed by atoms with Gasteiger partial charge in [0.15, 0.2) is 0 Å². The molecule has 2 saturated heterocycles. The highest BCUT2D eigenvalue weighted by Crippen LogP contribution is 2.37. The number of likely N-dealkylation sites (N-methyl/N-ethyl adjacent to an activating group) is 1. The van der Waals surface area contributed by atoms with Gasteiger partial charge >= 0.3 is 23.8 Å². The van der Waals surface area contributed by atoms with Crippen LogP contribution in [-0.2, 0) is 41.8 Å². The van der Waals surface area contributed by atoms with Crippen molar-refractivity contribution in [3.8, 4) is 5.75 Å². The highest BCUT2D eigenvalue weighted by molar-refractivity contribution is 7.99. The summed E-state index contributed by atoms with van der Waals surface area (Å²) in [7, 11) is -0.232. The van der Waals surface area contributed by atoms with E-state index in [9.17, 15) is 43.2 Å². The van der Waals surface area contributed by atoms with E-state index in [1.807, 2.05) is 0 Å². The van der Waals surface area contributed by atoms with Gasteiger partial charge in [-0.3, -0.25) is 33.2 Å². The number of carbonyl (C=O) groups excluding carboxylic acids is 5. The Kier molecular flexibility index (Phi) is 8.87. The molecule has 6 amide bonds. The maximum absolute atomic E-state index is 13.6.